The highest BCUT2D eigenvalue weighted by Gasteiger charge is 2.06. The summed E-state index contributed by atoms with van der Waals surface area (Å²) in [7, 11) is -4.02. The number of rotatable bonds is 2. The van der Waals surface area contributed by atoms with E-state index in [1.807, 2.05) is 6.92 Å². The molecule has 3 nitrogen and oxygen atoms in total. The van der Waals surface area contributed by atoms with E-state index in [0.717, 1.165) is 5.56 Å². The minimum absolute atomic E-state index is 0.0666. The lowest BCUT2D eigenvalue weighted by molar-refractivity contribution is 0.483. The molecule has 130 valence electrons. The second kappa shape index (κ2) is 8.60. The van der Waals surface area contributed by atoms with Crippen molar-refractivity contribution in [2.24, 2.45) is 0 Å². The molecular weight excluding hydrogens is 447 g/mol. The topological polar surface area (TPSA) is 54.4 Å². The molecule has 25 heavy (non-hydrogen) atoms. The van der Waals surface area contributed by atoms with E-state index in [1.165, 1.54) is 32.4 Å². The standard InChI is InChI=1S/C13H11I.C7H8O3S/c1-10-6-2-3-7-11(10)12-8-4-5-9-13(12)14;1-6-2-4-7(5-3-6)11(8,9)10/h2-9H,1H3;2-5H,1H3,(H,8,9,10). The average molecular weight is 466 g/mol. The minimum atomic E-state index is -4.02. The third-order valence-electron chi connectivity index (χ3n) is 3.63. The molecule has 0 amide bonds. The van der Waals surface area contributed by atoms with Crippen LogP contribution in [-0.4, -0.2) is 13.0 Å². The summed E-state index contributed by atoms with van der Waals surface area (Å²) in [5.41, 5.74) is 4.94. The van der Waals surface area contributed by atoms with Crippen LogP contribution in [0.15, 0.2) is 77.7 Å². The second-order valence-corrected chi connectivity index (χ2v) is 8.17. The van der Waals surface area contributed by atoms with E-state index in [0.29, 0.717) is 0 Å². The molecular formula is C20H19IO3S. The van der Waals surface area contributed by atoms with E-state index in [-0.39, 0.29) is 4.90 Å². The lowest BCUT2D eigenvalue weighted by Crippen LogP contribution is -1.96. The third-order valence-corrected chi connectivity index (χ3v) is 5.44. The van der Waals surface area contributed by atoms with Crippen LogP contribution in [0.25, 0.3) is 11.1 Å². The number of benzene rings is 3. The first-order valence-electron chi connectivity index (χ1n) is 7.64. The van der Waals surface area contributed by atoms with Gasteiger partial charge in [-0.3, -0.25) is 4.55 Å². The van der Waals surface area contributed by atoms with Crippen LogP contribution >= 0.6 is 22.6 Å². The second-order valence-electron chi connectivity index (χ2n) is 5.58. The molecule has 3 aromatic rings. The molecule has 0 radical (unpaired) electrons. The molecule has 0 fully saturated rings. The lowest BCUT2D eigenvalue weighted by atomic mass is 10.0. The SMILES string of the molecule is Cc1ccc(S(=O)(=O)O)cc1.Cc1ccccc1-c1ccccc1I. The van der Waals surface area contributed by atoms with Gasteiger partial charge in [-0.25, -0.2) is 0 Å². The summed E-state index contributed by atoms with van der Waals surface area (Å²) in [6, 6.07) is 23.0. The summed E-state index contributed by atoms with van der Waals surface area (Å²) in [4.78, 5) is -0.0666. The van der Waals surface area contributed by atoms with Gasteiger partial charge in [0.2, 0.25) is 0 Å². The molecule has 5 heteroatoms. The van der Waals surface area contributed by atoms with Crippen molar-refractivity contribution in [2.75, 3.05) is 0 Å². The molecule has 0 aliphatic carbocycles. The molecule has 0 aromatic heterocycles. The fourth-order valence-electron chi connectivity index (χ4n) is 2.26. The molecule has 0 bridgehead atoms. The Kier molecular flexibility index (Phi) is 6.75. The zero-order chi connectivity index (χ0) is 18.4. The number of hydrogen-bond acceptors (Lipinski definition) is 2. The van der Waals surface area contributed by atoms with Crippen LogP contribution in [-0.2, 0) is 10.1 Å². The van der Waals surface area contributed by atoms with Crippen LogP contribution in [0.5, 0.6) is 0 Å². The predicted molar refractivity (Wildman–Crippen MR) is 110 cm³/mol. The molecule has 0 aliphatic heterocycles. The van der Waals surface area contributed by atoms with Gasteiger partial charge in [-0.1, -0.05) is 60.2 Å². The quantitative estimate of drug-likeness (QED) is 0.401. The summed E-state index contributed by atoms with van der Waals surface area (Å²) in [5.74, 6) is 0. The number of hydrogen-bond donors (Lipinski definition) is 1. The smallest absolute Gasteiger partial charge is 0.282 e. The van der Waals surface area contributed by atoms with Crippen molar-refractivity contribution < 1.29 is 13.0 Å². The van der Waals surface area contributed by atoms with Crippen LogP contribution in [0, 0.1) is 17.4 Å². The first-order chi connectivity index (χ1) is 11.8. The molecule has 1 N–H and O–H groups in total. The summed E-state index contributed by atoms with van der Waals surface area (Å²) in [6.45, 7) is 3.99. The highest BCUT2D eigenvalue weighted by molar-refractivity contribution is 14.1. The van der Waals surface area contributed by atoms with Crippen LogP contribution < -0.4 is 0 Å². The van der Waals surface area contributed by atoms with E-state index in [9.17, 15) is 8.42 Å². The Hall–Kier alpha value is -1.70. The monoisotopic (exact) mass is 466 g/mol. The minimum Gasteiger partial charge on any atom is -0.282 e. The Morgan fingerprint density at radius 3 is 1.80 bits per heavy atom. The van der Waals surface area contributed by atoms with Gasteiger partial charge in [0.1, 0.15) is 0 Å². The molecule has 0 atom stereocenters. The van der Waals surface area contributed by atoms with Crippen LogP contribution in [0.4, 0.5) is 0 Å². The highest BCUT2D eigenvalue weighted by atomic mass is 127. The van der Waals surface area contributed by atoms with E-state index in [4.69, 9.17) is 4.55 Å². The molecule has 0 heterocycles. The van der Waals surface area contributed by atoms with Gasteiger partial charge in [0, 0.05) is 3.57 Å². The Balaban J connectivity index is 0.000000186. The predicted octanol–water partition coefficient (Wildman–Crippen LogP) is 5.51. The van der Waals surface area contributed by atoms with Gasteiger partial charge in [0.05, 0.1) is 4.90 Å². The number of aryl methyl sites for hydroxylation is 2. The van der Waals surface area contributed by atoms with E-state index in [2.05, 4.69) is 78.0 Å². The van der Waals surface area contributed by atoms with Gasteiger partial charge in [-0.05, 0) is 71.3 Å². The molecule has 0 spiro atoms. The van der Waals surface area contributed by atoms with Crippen molar-refractivity contribution in [1.82, 2.24) is 0 Å². The van der Waals surface area contributed by atoms with Crippen molar-refractivity contribution in [1.29, 1.82) is 0 Å². The fourth-order valence-corrected chi connectivity index (χ4v) is 3.42. The van der Waals surface area contributed by atoms with Gasteiger partial charge in [-0.2, -0.15) is 8.42 Å². The molecule has 0 saturated carbocycles. The normalized spacial score (nSPS) is 10.7. The largest absolute Gasteiger partial charge is 0.294 e. The van der Waals surface area contributed by atoms with Gasteiger partial charge >= 0.3 is 0 Å². The molecule has 0 aliphatic rings. The summed E-state index contributed by atoms with van der Waals surface area (Å²) < 4.78 is 30.9. The maximum absolute atomic E-state index is 10.5. The van der Waals surface area contributed by atoms with Gasteiger partial charge in [0.15, 0.2) is 0 Å². The Morgan fingerprint density at radius 1 is 0.760 bits per heavy atom. The molecule has 0 unspecified atom stereocenters. The number of halogens is 1. The highest BCUT2D eigenvalue weighted by Crippen LogP contribution is 2.27. The first kappa shape index (κ1) is 19.6. The Morgan fingerprint density at radius 2 is 1.28 bits per heavy atom. The van der Waals surface area contributed by atoms with Gasteiger partial charge in [-0.15, -0.1) is 0 Å². The van der Waals surface area contributed by atoms with Crippen molar-refractivity contribution in [3.63, 3.8) is 0 Å². The van der Waals surface area contributed by atoms with Crippen LogP contribution in [0.3, 0.4) is 0 Å². The van der Waals surface area contributed by atoms with Gasteiger partial charge < -0.3 is 0 Å². The zero-order valence-electron chi connectivity index (χ0n) is 14.0. The molecule has 3 aromatic carbocycles. The zero-order valence-corrected chi connectivity index (χ0v) is 17.0. The van der Waals surface area contributed by atoms with Crippen molar-refractivity contribution in [3.8, 4) is 11.1 Å². The van der Waals surface area contributed by atoms with Crippen LogP contribution in [0.1, 0.15) is 11.1 Å². The first-order valence-corrected chi connectivity index (χ1v) is 10.2. The van der Waals surface area contributed by atoms with Crippen molar-refractivity contribution in [2.45, 2.75) is 18.7 Å². The maximum atomic E-state index is 10.5. The summed E-state index contributed by atoms with van der Waals surface area (Å²) in [6.07, 6.45) is 0. The lowest BCUT2D eigenvalue weighted by Gasteiger charge is -2.07. The Labute approximate surface area is 162 Å². The Bertz CT molecular complexity index is 905. The van der Waals surface area contributed by atoms with E-state index >= 15 is 0 Å². The van der Waals surface area contributed by atoms with Crippen molar-refractivity contribution >= 4 is 32.7 Å². The van der Waals surface area contributed by atoms with Crippen molar-refractivity contribution in [3.05, 3.63) is 87.5 Å². The average Bonchev–Trinajstić information content (AvgIpc) is 2.56. The van der Waals surface area contributed by atoms with Crippen LogP contribution in [0.2, 0.25) is 0 Å². The van der Waals surface area contributed by atoms with E-state index in [1.54, 1.807) is 12.1 Å². The summed E-state index contributed by atoms with van der Waals surface area (Å²) in [5, 5.41) is 0. The molecule has 3 rings (SSSR count). The van der Waals surface area contributed by atoms with Gasteiger partial charge in [0.25, 0.3) is 10.1 Å². The fraction of sp³-hybridized carbons (Fsp3) is 0.100. The van der Waals surface area contributed by atoms with E-state index < -0.39 is 10.1 Å². The molecule has 0 saturated heterocycles. The summed E-state index contributed by atoms with van der Waals surface area (Å²) >= 11 is 2.38. The third kappa shape index (κ3) is 5.66. The maximum Gasteiger partial charge on any atom is 0.294 e.